The number of hydrogen-bond acceptors (Lipinski definition) is 2. The Kier molecular flexibility index (Phi) is 7.81. The van der Waals surface area contributed by atoms with Crippen LogP contribution in [0.15, 0.2) is 47.0 Å². The Hall–Kier alpha value is -1.14. The van der Waals surface area contributed by atoms with E-state index in [0.717, 1.165) is 0 Å². The molecule has 2 aromatic carbocycles. The summed E-state index contributed by atoms with van der Waals surface area (Å²) >= 11 is 0. The van der Waals surface area contributed by atoms with Crippen molar-refractivity contribution in [1.29, 1.82) is 0 Å². The van der Waals surface area contributed by atoms with Crippen molar-refractivity contribution in [2.75, 3.05) is 9.13 Å². The van der Waals surface area contributed by atoms with Gasteiger partial charge in [0.05, 0.1) is 29.1 Å². The van der Waals surface area contributed by atoms with Crippen LogP contribution in [0.2, 0.25) is 78.6 Å². The number of rotatable bonds is 7. The molecule has 0 atom stereocenters. The van der Waals surface area contributed by atoms with E-state index in [1.54, 1.807) is 5.82 Å². The molecule has 0 saturated heterocycles. The highest BCUT2D eigenvalue weighted by Crippen LogP contribution is 2.57. The maximum Gasteiger partial charge on any atom is 0.166 e. The number of aryl methyl sites for hydroxylation is 4. The second kappa shape index (κ2) is 9.50. The smallest absolute Gasteiger partial charge is 0.166 e. The van der Waals surface area contributed by atoms with Crippen LogP contribution in [-0.2, 0) is 0 Å². The van der Waals surface area contributed by atoms with Gasteiger partial charge in [0.2, 0.25) is 0 Å². The summed E-state index contributed by atoms with van der Waals surface area (Å²) in [5, 5.41) is 0. The fraction of sp³-hybridized carbons (Fsp3) is 0.533. The van der Waals surface area contributed by atoms with Gasteiger partial charge in [-0.05, 0) is 54.8 Å². The van der Waals surface area contributed by atoms with Gasteiger partial charge in [-0.1, -0.05) is 115 Å². The molecule has 0 aromatic heterocycles. The van der Waals surface area contributed by atoms with Crippen molar-refractivity contribution < 1.29 is 0 Å². The van der Waals surface area contributed by atoms with Crippen LogP contribution in [0.25, 0.3) is 0 Å². The molecular formula is C30H54N2Si5. The fourth-order valence-corrected chi connectivity index (χ4v) is 73.3. The zero-order chi connectivity index (χ0) is 28.5. The molecule has 1 aliphatic rings. The maximum atomic E-state index is 3.10. The third kappa shape index (κ3) is 4.77. The van der Waals surface area contributed by atoms with E-state index in [-0.39, 0.29) is 0 Å². The largest absolute Gasteiger partial charge is 0.357 e. The molecule has 7 heteroatoms. The molecule has 3 rings (SSSR count). The average molecular weight is 583 g/mol. The van der Waals surface area contributed by atoms with Gasteiger partial charge in [-0.15, -0.1) is 0 Å². The Labute approximate surface area is 234 Å². The molecule has 37 heavy (non-hydrogen) atoms. The van der Waals surface area contributed by atoms with Crippen LogP contribution in [0.3, 0.4) is 0 Å². The van der Waals surface area contributed by atoms with E-state index < -0.39 is 38.8 Å². The first-order valence-electron chi connectivity index (χ1n) is 14.1. The van der Waals surface area contributed by atoms with E-state index in [1.807, 2.05) is 4.82 Å². The zero-order valence-corrected chi connectivity index (χ0v) is 31.9. The lowest BCUT2D eigenvalue weighted by atomic mass is 10.1. The SMILES string of the molecule is Cc1cccc(C)c1N(C1=C([Si](C)(C)C)[Si]([Si](C)(C)C)([Si](C)(C)C)N1c1c(C)cccc1C)[Si](C)(C)C. The van der Waals surface area contributed by atoms with E-state index in [1.165, 1.54) is 33.6 Å². The molecule has 204 valence electrons. The molecule has 2 aromatic rings. The van der Waals surface area contributed by atoms with Crippen molar-refractivity contribution in [2.45, 2.75) is 106 Å². The summed E-state index contributed by atoms with van der Waals surface area (Å²) in [5.74, 6) is 1.62. The lowest BCUT2D eigenvalue weighted by Gasteiger charge is -2.70. The minimum absolute atomic E-state index is 1.41. The Morgan fingerprint density at radius 3 is 1.30 bits per heavy atom. The molecular weight excluding hydrogens is 529 g/mol. The second-order valence-corrected chi connectivity index (χ2v) is 52.0. The first-order chi connectivity index (χ1) is 16.6. The molecule has 0 saturated carbocycles. The van der Waals surface area contributed by atoms with Gasteiger partial charge in [0.1, 0.15) is 0 Å². The van der Waals surface area contributed by atoms with Crippen LogP contribution in [0.4, 0.5) is 11.4 Å². The predicted octanol–water partition coefficient (Wildman–Crippen LogP) is 9.49. The summed E-state index contributed by atoms with van der Waals surface area (Å²) in [6, 6.07) is 13.9. The monoisotopic (exact) mass is 582 g/mol. The van der Waals surface area contributed by atoms with Crippen molar-refractivity contribution in [1.82, 2.24) is 0 Å². The van der Waals surface area contributed by atoms with Gasteiger partial charge in [-0.3, -0.25) is 0 Å². The van der Waals surface area contributed by atoms with Gasteiger partial charge in [0.25, 0.3) is 0 Å². The van der Waals surface area contributed by atoms with Gasteiger partial charge in [0, 0.05) is 11.4 Å². The normalized spacial score (nSPS) is 16.7. The number of anilines is 2. The zero-order valence-electron chi connectivity index (χ0n) is 26.9. The summed E-state index contributed by atoms with van der Waals surface area (Å²) in [5.41, 5.74) is 8.70. The number of benzene rings is 2. The van der Waals surface area contributed by atoms with Gasteiger partial charge in [-0.2, -0.15) is 0 Å². The lowest BCUT2D eigenvalue weighted by molar-refractivity contribution is 1.04. The van der Waals surface area contributed by atoms with E-state index >= 15 is 0 Å². The van der Waals surface area contributed by atoms with Crippen LogP contribution in [-0.4, -0.2) is 38.8 Å². The molecule has 0 N–H and O–H groups in total. The molecule has 0 aliphatic carbocycles. The standard InChI is InChI=1S/C30H54N2Si5/c1-23-19-17-20-24(2)27(23)31(34(8,9)10)29-30(33(5,6)7)37(35(11,12)13,36(14,15)16)32(29)28-25(3)21-18-22-26(28)4/h17-22H,1-16H3. The number of hydrogen-bond donors (Lipinski definition) is 0. The van der Waals surface area contributed by atoms with Crippen LogP contribution in [0.5, 0.6) is 0 Å². The van der Waals surface area contributed by atoms with Crippen LogP contribution in [0, 0.1) is 27.7 Å². The minimum atomic E-state index is -1.98. The minimum Gasteiger partial charge on any atom is -0.357 e. The van der Waals surface area contributed by atoms with Crippen molar-refractivity contribution in [3.8, 4) is 0 Å². The molecule has 0 radical (unpaired) electrons. The molecule has 0 amide bonds. The van der Waals surface area contributed by atoms with Crippen LogP contribution in [0.1, 0.15) is 22.3 Å². The number of nitrogens with zero attached hydrogens (tertiary/aromatic N) is 2. The summed E-state index contributed by atoms with van der Waals surface area (Å²) in [4.78, 5) is 1.99. The second-order valence-electron chi connectivity index (χ2n) is 15.5. The summed E-state index contributed by atoms with van der Waals surface area (Å²) in [7, 11) is -8.68. The van der Waals surface area contributed by atoms with Crippen LogP contribution < -0.4 is 9.13 Å². The Morgan fingerprint density at radius 1 is 0.595 bits per heavy atom. The number of para-hydroxylation sites is 2. The van der Waals surface area contributed by atoms with Gasteiger partial charge in [0.15, 0.2) is 15.5 Å². The summed E-state index contributed by atoms with van der Waals surface area (Å²) in [6.07, 6.45) is 0. The molecule has 0 bridgehead atoms. The quantitative estimate of drug-likeness (QED) is 0.300. The van der Waals surface area contributed by atoms with Crippen molar-refractivity contribution in [3.63, 3.8) is 0 Å². The first-order valence-corrected chi connectivity index (χ1v) is 32.0. The lowest BCUT2D eigenvalue weighted by Crippen LogP contribution is -2.90. The topological polar surface area (TPSA) is 6.48 Å². The third-order valence-corrected chi connectivity index (χ3v) is 52.4. The van der Waals surface area contributed by atoms with E-state index in [4.69, 9.17) is 0 Å². The molecule has 1 aliphatic heterocycles. The average Bonchev–Trinajstić information content (AvgIpc) is 2.64. The predicted molar refractivity (Wildman–Crippen MR) is 183 cm³/mol. The van der Waals surface area contributed by atoms with Crippen molar-refractivity contribution in [2.24, 2.45) is 0 Å². The molecule has 2 nitrogen and oxygen atoms in total. The van der Waals surface area contributed by atoms with Crippen molar-refractivity contribution in [3.05, 3.63) is 69.3 Å². The van der Waals surface area contributed by atoms with E-state index in [9.17, 15) is 0 Å². The van der Waals surface area contributed by atoms with Gasteiger partial charge in [-0.25, -0.2) is 0 Å². The Balaban J connectivity index is 2.67. The fourth-order valence-electron chi connectivity index (χ4n) is 7.48. The van der Waals surface area contributed by atoms with Gasteiger partial charge >= 0.3 is 0 Å². The summed E-state index contributed by atoms with van der Waals surface area (Å²) < 4.78 is 6.02. The molecule has 0 fully saturated rings. The summed E-state index contributed by atoms with van der Waals surface area (Å²) in [6.45, 7) is 41.3. The molecule has 0 spiro atoms. The maximum absolute atomic E-state index is 3.10. The Morgan fingerprint density at radius 2 is 0.973 bits per heavy atom. The van der Waals surface area contributed by atoms with Crippen molar-refractivity contribution >= 4 is 50.1 Å². The highest BCUT2D eigenvalue weighted by molar-refractivity contribution is 7.75. The van der Waals surface area contributed by atoms with E-state index in [2.05, 4.69) is 152 Å². The van der Waals surface area contributed by atoms with Gasteiger partial charge < -0.3 is 9.13 Å². The first kappa shape index (κ1) is 30.4. The highest BCUT2D eigenvalue weighted by atomic mass is 29.6. The highest BCUT2D eigenvalue weighted by Gasteiger charge is 2.71. The molecule has 0 unspecified atom stereocenters. The third-order valence-electron chi connectivity index (χ3n) is 8.26. The van der Waals surface area contributed by atoms with E-state index in [0.29, 0.717) is 0 Å². The molecule has 1 heterocycles. The Bertz CT molecular complexity index is 1170. The van der Waals surface area contributed by atoms with Crippen LogP contribution >= 0.6 is 0 Å².